The molecule has 0 aliphatic carbocycles. The minimum absolute atomic E-state index is 0.187. The molecule has 0 fully saturated rings. The molecule has 2 aromatic rings. The van der Waals surface area contributed by atoms with E-state index in [0.29, 0.717) is 35.7 Å². The lowest BCUT2D eigenvalue weighted by Crippen LogP contribution is -2.34. The van der Waals surface area contributed by atoms with Crippen LogP contribution in [0, 0.1) is 0 Å². The summed E-state index contributed by atoms with van der Waals surface area (Å²) in [4.78, 5) is 24.1. The van der Waals surface area contributed by atoms with Crippen molar-refractivity contribution in [1.82, 2.24) is 10.6 Å². The molecule has 25 heavy (non-hydrogen) atoms. The van der Waals surface area contributed by atoms with Crippen molar-refractivity contribution < 1.29 is 19.1 Å². The molecule has 0 spiro atoms. The van der Waals surface area contributed by atoms with Crippen molar-refractivity contribution in [2.45, 2.75) is 0 Å². The smallest absolute Gasteiger partial charge is 0.251 e. The third kappa shape index (κ3) is 5.22. The molecule has 0 unspecified atom stereocenters. The Morgan fingerprint density at radius 2 is 1.36 bits per heavy atom. The third-order valence-corrected chi connectivity index (χ3v) is 3.98. The molecule has 7 heteroatoms. The van der Waals surface area contributed by atoms with Gasteiger partial charge in [-0.15, -0.1) is 0 Å². The van der Waals surface area contributed by atoms with Gasteiger partial charge in [0.2, 0.25) is 0 Å². The van der Waals surface area contributed by atoms with Crippen molar-refractivity contribution >= 4 is 27.7 Å². The van der Waals surface area contributed by atoms with Crippen LogP contribution in [0.3, 0.4) is 0 Å². The number of hydrogen-bond donors (Lipinski definition) is 2. The predicted molar refractivity (Wildman–Crippen MR) is 98.4 cm³/mol. The van der Waals surface area contributed by atoms with Gasteiger partial charge in [0, 0.05) is 28.7 Å². The van der Waals surface area contributed by atoms with E-state index in [0.717, 1.165) is 4.47 Å². The monoisotopic (exact) mass is 406 g/mol. The van der Waals surface area contributed by atoms with Crippen LogP contribution in [0.15, 0.2) is 46.9 Å². The molecule has 0 bridgehead atoms. The molecule has 2 amide bonds. The number of nitrogens with one attached hydrogen (secondary N) is 2. The lowest BCUT2D eigenvalue weighted by molar-refractivity contribution is 0.0927. The number of methoxy groups -OCH3 is 2. The number of rotatable bonds is 7. The summed E-state index contributed by atoms with van der Waals surface area (Å²) in [6, 6.07) is 12.0. The first-order chi connectivity index (χ1) is 12.0. The quantitative estimate of drug-likeness (QED) is 0.692. The van der Waals surface area contributed by atoms with Crippen LogP contribution < -0.4 is 20.1 Å². The number of halogens is 1. The zero-order valence-electron chi connectivity index (χ0n) is 14.0. The molecule has 0 aliphatic heterocycles. The number of ether oxygens (including phenoxy) is 2. The summed E-state index contributed by atoms with van der Waals surface area (Å²) in [6.45, 7) is 0.642. The van der Waals surface area contributed by atoms with Crippen LogP contribution >= 0.6 is 15.9 Å². The highest BCUT2D eigenvalue weighted by Crippen LogP contribution is 2.27. The fraction of sp³-hybridized carbons (Fsp3) is 0.222. The maximum atomic E-state index is 12.1. The number of amides is 2. The van der Waals surface area contributed by atoms with E-state index < -0.39 is 0 Å². The Morgan fingerprint density at radius 1 is 0.840 bits per heavy atom. The van der Waals surface area contributed by atoms with E-state index in [1.807, 2.05) is 0 Å². The summed E-state index contributed by atoms with van der Waals surface area (Å²) in [6.07, 6.45) is 0. The summed E-state index contributed by atoms with van der Waals surface area (Å²) in [5.74, 6) is 0.603. The Kier molecular flexibility index (Phi) is 6.82. The van der Waals surface area contributed by atoms with E-state index in [1.54, 1.807) is 42.5 Å². The average molecular weight is 407 g/mol. The maximum Gasteiger partial charge on any atom is 0.251 e. The largest absolute Gasteiger partial charge is 0.493 e. The molecule has 0 heterocycles. The van der Waals surface area contributed by atoms with Gasteiger partial charge in [0.25, 0.3) is 11.8 Å². The highest BCUT2D eigenvalue weighted by Gasteiger charge is 2.10. The SMILES string of the molecule is COc1ccc(C(=O)NCCNC(=O)c2ccc(Br)cc2)cc1OC. The molecule has 2 N–H and O–H groups in total. The minimum Gasteiger partial charge on any atom is -0.493 e. The van der Waals surface area contributed by atoms with Crippen LogP contribution in [0.4, 0.5) is 0 Å². The molecule has 0 atom stereocenters. The van der Waals surface area contributed by atoms with Gasteiger partial charge in [-0.3, -0.25) is 9.59 Å². The van der Waals surface area contributed by atoms with E-state index in [9.17, 15) is 9.59 Å². The Balaban J connectivity index is 1.82. The predicted octanol–water partition coefficient (Wildman–Crippen LogP) is 2.63. The van der Waals surface area contributed by atoms with Gasteiger partial charge in [-0.25, -0.2) is 0 Å². The van der Waals surface area contributed by atoms with Crippen LogP contribution in [0.5, 0.6) is 11.5 Å². The van der Waals surface area contributed by atoms with Gasteiger partial charge < -0.3 is 20.1 Å². The van der Waals surface area contributed by atoms with Crippen molar-refractivity contribution in [2.24, 2.45) is 0 Å². The summed E-state index contributed by atoms with van der Waals surface area (Å²) in [5, 5.41) is 5.50. The summed E-state index contributed by atoms with van der Waals surface area (Å²) >= 11 is 3.32. The average Bonchev–Trinajstić information content (AvgIpc) is 2.64. The highest BCUT2D eigenvalue weighted by molar-refractivity contribution is 9.10. The standard InChI is InChI=1S/C18H19BrN2O4/c1-24-15-8-5-13(11-16(15)25-2)18(23)21-10-9-20-17(22)12-3-6-14(19)7-4-12/h3-8,11H,9-10H2,1-2H3,(H,20,22)(H,21,23). The normalized spacial score (nSPS) is 10.0. The number of carbonyl (C=O) groups excluding carboxylic acids is 2. The van der Waals surface area contributed by atoms with Gasteiger partial charge in [-0.2, -0.15) is 0 Å². The summed E-state index contributed by atoms with van der Waals surface area (Å²) < 4.78 is 11.2. The zero-order valence-corrected chi connectivity index (χ0v) is 15.6. The lowest BCUT2D eigenvalue weighted by atomic mass is 10.2. The van der Waals surface area contributed by atoms with Crippen molar-refractivity contribution in [2.75, 3.05) is 27.3 Å². The molecular formula is C18H19BrN2O4. The van der Waals surface area contributed by atoms with E-state index in [4.69, 9.17) is 9.47 Å². The highest BCUT2D eigenvalue weighted by atomic mass is 79.9. The molecule has 6 nitrogen and oxygen atoms in total. The van der Waals surface area contributed by atoms with Crippen LogP contribution in [0.1, 0.15) is 20.7 Å². The number of carbonyl (C=O) groups is 2. The van der Waals surface area contributed by atoms with Crippen LogP contribution in [0.2, 0.25) is 0 Å². The molecule has 0 radical (unpaired) electrons. The van der Waals surface area contributed by atoms with Gasteiger partial charge >= 0.3 is 0 Å². The first-order valence-corrected chi connectivity index (χ1v) is 8.38. The molecule has 132 valence electrons. The maximum absolute atomic E-state index is 12.1. The molecular weight excluding hydrogens is 388 g/mol. The Morgan fingerprint density at radius 3 is 1.92 bits per heavy atom. The molecule has 0 saturated heterocycles. The number of benzene rings is 2. The van der Waals surface area contributed by atoms with Crippen LogP contribution in [-0.2, 0) is 0 Å². The fourth-order valence-corrected chi connectivity index (χ4v) is 2.40. The van der Waals surface area contributed by atoms with Crippen molar-refractivity contribution in [3.63, 3.8) is 0 Å². The van der Waals surface area contributed by atoms with Gasteiger partial charge in [0.05, 0.1) is 14.2 Å². The molecule has 2 rings (SSSR count). The Labute approximate surface area is 154 Å². The Hall–Kier alpha value is -2.54. The van der Waals surface area contributed by atoms with Gasteiger partial charge in [-0.05, 0) is 42.5 Å². The fourth-order valence-electron chi connectivity index (χ4n) is 2.13. The van der Waals surface area contributed by atoms with Crippen LogP contribution in [-0.4, -0.2) is 39.1 Å². The lowest BCUT2D eigenvalue weighted by Gasteiger charge is -2.10. The van der Waals surface area contributed by atoms with E-state index in [1.165, 1.54) is 14.2 Å². The van der Waals surface area contributed by atoms with Gasteiger partial charge in [0.15, 0.2) is 11.5 Å². The first-order valence-electron chi connectivity index (χ1n) is 7.59. The minimum atomic E-state index is -0.251. The van der Waals surface area contributed by atoms with Crippen molar-refractivity contribution in [1.29, 1.82) is 0 Å². The second kappa shape index (κ2) is 9.08. The second-order valence-electron chi connectivity index (χ2n) is 5.09. The molecule has 0 saturated carbocycles. The number of hydrogen-bond acceptors (Lipinski definition) is 4. The molecule has 0 aromatic heterocycles. The van der Waals surface area contributed by atoms with Gasteiger partial charge in [0.1, 0.15) is 0 Å². The summed E-state index contributed by atoms with van der Waals surface area (Å²) in [5.41, 5.74) is 1.02. The summed E-state index contributed by atoms with van der Waals surface area (Å²) in [7, 11) is 3.04. The topological polar surface area (TPSA) is 76.7 Å². The Bertz CT molecular complexity index is 747. The molecule has 0 aliphatic rings. The molecule has 2 aromatic carbocycles. The van der Waals surface area contributed by atoms with E-state index >= 15 is 0 Å². The van der Waals surface area contributed by atoms with E-state index in [2.05, 4.69) is 26.6 Å². The van der Waals surface area contributed by atoms with Crippen LogP contribution in [0.25, 0.3) is 0 Å². The zero-order chi connectivity index (χ0) is 18.2. The van der Waals surface area contributed by atoms with Crippen molar-refractivity contribution in [3.05, 3.63) is 58.1 Å². The first kappa shape index (κ1) is 18.8. The third-order valence-electron chi connectivity index (χ3n) is 3.45. The second-order valence-corrected chi connectivity index (χ2v) is 6.00. The van der Waals surface area contributed by atoms with Crippen molar-refractivity contribution in [3.8, 4) is 11.5 Å². The van der Waals surface area contributed by atoms with Gasteiger partial charge in [-0.1, -0.05) is 15.9 Å². The van der Waals surface area contributed by atoms with E-state index in [-0.39, 0.29) is 11.8 Å².